The van der Waals surface area contributed by atoms with Gasteiger partial charge in [0.1, 0.15) is 5.65 Å². The highest BCUT2D eigenvalue weighted by atomic mass is 16.3. The summed E-state index contributed by atoms with van der Waals surface area (Å²) in [5, 5.41) is 15.7. The first-order chi connectivity index (χ1) is 17.6. The quantitative estimate of drug-likeness (QED) is 0.418. The van der Waals surface area contributed by atoms with Gasteiger partial charge in [-0.1, -0.05) is 31.9 Å². The molecule has 1 saturated heterocycles. The van der Waals surface area contributed by atoms with E-state index in [1.807, 2.05) is 10.8 Å². The zero-order valence-electron chi connectivity index (χ0n) is 21.7. The van der Waals surface area contributed by atoms with E-state index in [1.165, 1.54) is 19.3 Å². The van der Waals surface area contributed by atoms with E-state index in [1.54, 1.807) is 0 Å². The number of fused-ring (bicyclic) bond motifs is 3. The van der Waals surface area contributed by atoms with Crippen molar-refractivity contribution in [3.63, 3.8) is 0 Å². The first kappa shape index (κ1) is 25.1. The van der Waals surface area contributed by atoms with Crippen molar-refractivity contribution in [3.05, 3.63) is 40.3 Å². The molecule has 1 atom stereocenters. The van der Waals surface area contributed by atoms with Crippen LogP contribution in [-0.4, -0.2) is 75.8 Å². The maximum Gasteiger partial charge on any atom is 0.260 e. The second kappa shape index (κ2) is 11.2. The molecule has 2 fully saturated rings. The predicted molar refractivity (Wildman–Crippen MR) is 146 cm³/mol. The molecule has 3 heterocycles. The lowest BCUT2D eigenvalue weighted by molar-refractivity contribution is 0.148. The van der Waals surface area contributed by atoms with Crippen LogP contribution in [0.4, 0.5) is 5.95 Å². The highest BCUT2D eigenvalue weighted by Gasteiger charge is 2.22. The second-order valence-electron chi connectivity index (χ2n) is 10.7. The Morgan fingerprint density at radius 2 is 1.92 bits per heavy atom. The van der Waals surface area contributed by atoms with E-state index < -0.39 is 0 Å². The normalized spacial score (nSPS) is 18.5. The van der Waals surface area contributed by atoms with Gasteiger partial charge in [-0.05, 0) is 55.7 Å². The van der Waals surface area contributed by atoms with Crippen LogP contribution in [0.2, 0.25) is 0 Å². The molecule has 2 N–H and O–H groups in total. The number of rotatable bonds is 10. The summed E-state index contributed by atoms with van der Waals surface area (Å²) >= 11 is 0. The molecule has 1 saturated carbocycles. The third-order valence-electron chi connectivity index (χ3n) is 8.05. The summed E-state index contributed by atoms with van der Waals surface area (Å²) in [6, 6.07) is 6.18. The highest BCUT2D eigenvalue weighted by molar-refractivity contribution is 6.04. The van der Waals surface area contributed by atoms with Crippen molar-refractivity contribution >= 4 is 27.8 Å². The van der Waals surface area contributed by atoms with Crippen LogP contribution in [0.1, 0.15) is 57.1 Å². The van der Waals surface area contributed by atoms with Gasteiger partial charge in [0.2, 0.25) is 5.95 Å². The third kappa shape index (κ3) is 5.26. The van der Waals surface area contributed by atoms with Gasteiger partial charge in [-0.2, -0.15) is 4.98 Å². The number of hydrogen-bond acceptors (Lipinski definition) is 7. The van der Waals surface area contributed by atoms with Crippen LogP contribution in [0, 0.1) is 5.92 Å². The molecule has 0 bridgehead atoms. The van der Waals surface area contributed by atoms with Gasteiger partial charge in [0.15, 0.2) is 0 Å². The monoisotopic (exact) mass is 492 g/mol. The molecule has 3 aromatic rings. The van der Waals surface area contributed by atoms with Crippen molar-refractivity contribution < 1.29 is 5.11 Å². The van der Waals surface area contributed by atoms with Crippen LogP contribution in [0.3, 0.4) is 0 Å². The maximum atomic E-state index is 14.0. The Kier molecular flexibility index (Phi) is 7.84. The fourth-order valence-corrected chi connectivity index (χ4v) is 5.58. The molecule has 2 aliphatic rings. The fourth-order valence-electron chi connectivity index (χ4n) is 5.58. The molecule has 0 radical (unpaired) electrons. The summed E-state index contributed by atoms with van der Waals surface area (Å²) in [7, 11) is 2.16. The number of hydrogen-bond donors (Lipinski definition) is 2. The minimum absolute atomic E-state index is 0.0201. The second-order valence-corrected chi connectivity index (χ2v) is 10.7. The van der Waals surface area contributed by atoms with Crippen molar-refractivity contribution in [1.82, 2.24) is 24.3 Å². The van der Waals surface area contributed by atoms with Gasteiger partial charge in [-0.3, -0.25) is 14.3 Å². The van der Waals surface area contributed by atoms with E-state index in [0.717, 1.165) is 68.4 Å². The number of aliphatic hydroxyl groups excluding tert-OH is 1. The molecule has 5 rings (SSSR count). The van der Waals surface area contributed by atoms with Crippen molar-refractivity contribution in [2.45, 2.75) is 58.0 Å². The van der Waals surface area contributed by atoms with E-state index >= 15 is 0 Å². The molecule has 194 valence electrons. The molecule has 1 aliphatic carbocycles. The van der Waals surface area contributed by atoms with Gasteiger partial charge in [0.05, 0.1) is 0 Å². The number of benzene rings is 1. The molecule has 1 aromatic carbocycles. The number of nitrogens with one attached hydrogen (secondary N) is 1. The predicted octanol–water partition coefficient (Wildman–Crippen LogP) is 3.63. The number of nitrogens with zero attached hydrogens (tertiary/aromatic N) is 5. The Balaban J connectivity index is 1.57. The molecular formula is C28H40N6O2. The lowest BCUT2D eigenvalue weighted by Gasteiger charge is -2.32. The zero-order chi connectivity index (χ0) is 25.1. The zero-order valence-corrected chi connectivity index (χ0v) is 21.7. The molecule has 8 heteroatoms. The van der Waals surface area contributed by atoms with Crippen molar-refractivity contribution in [2.24, 2.45) is 5.92 Å². The molecule has 0 amide bonds. The summed E-state index contributed by atoms with van der Waals surface area (Å²) in [5.74, 6) is 1.26. The largest absolute Gasteiger partial charge is 0.396 e. The average molecular weight is 493 g/mol. The van der Waals surface area contributed by atoms with Gasteiger partial charge in [0, 0.05) is 68.9 Å². The highest BCUT2D eigenvalue weighted by Crippen LogP contribution is 2.29. The van der Waals surface area contributed by atoms with E-state index in [9.17, 15) is 9.90 Å². The molecule has 0 unspecified atom stereocenters. The minimum Gasteiger partial charge on any atom is -0.396 e. The standard InChI is InChI=1S/C28H40N6O2/c1-3-5-22(10-15-35)34-26-25(18-30-28(31-26)29-17-20-6-4-7-20)23-9-8-21(16-24(23)27(34)36)19-33-13-11-32(2)12-14-33/h8-9,16,18,20,22,35H,3-7,10-15,17,19H2,1-2H3,(H,29,30,31)/t22-/m0/s1. The van der Waals surface area contributed by atoms with E-state index in [-0.39, 0.29) is 18.2 Å². The van der Waals surface area contributed by atoms with Gasteiger partial charge in [-0.25, -0.2) is 4.98 Å². The van der Waals surface area contributed by atoms with Gasteiger partial charge < -0.3 is 15.3 Å². The maximum absolute atomic E-state index is 14.0. The van der Waals surface area contributed by atoms with E-state index in [0.29, 0.717) is 29.3 Å². The number of pyridine rings is 1. The molecule has 8 nitrogen and oxygen atoms in total. The van der Waals surface area contributed by atoms with Crippen LogP contribution < -0.4 is 10.9 Å². The van der Waals surface area contributed by atoms with E-state index in [4.69, 9.17) is 4.98 Å². The summed E-state index contributed by atoms with van der Waals surface area (Å²) in [6.45, 7) is 8.08. The lowest BCUT2D eigenvalue weighted by Crippen LogP contribution is -2.43. The molecule has 0 spiro atoms. The van der Waals surface area contributed by atoms with Crippen LogP contribution in [0.15, 0.2) is 29.2 Å². The Bertz CT molecular complexity index is 1240. The van der Waals surface area contributed by atoms with Gasteiger partial charge >= 0.3 is 0 Å². The van der Waals surface area contributed by atoms with Crippen molar-refractivity contribution in [2.75, 3.05) is 51.7 Å². The summed E-state index contributed by atoms with van der Waals surface area (Å²) < 4.78 is 1.84. The smallest absolute Gasteiger partial charge is 0.260 e. The first-order valence-electron chi connectivity index (χ1n) is 13.7. The number of likely N-dealkylation sites (N-methyl/N-ethyl adjacent to an activating group) is 1. The summed E-state index contributed by atoms with van der Waals surface area (Å²) in [6.07, 6.45) is 7.95. The van der Waals surface area contributed by atoms with Crippen LogP contribution in [0.5, 0.6) is 0 Å². The van der Waals surface area contributed by atoms with Crippen molar-refractivity contribution in [3.8, 4) is 0 Å². The third-order valence-corrected chi connectivity index (χ3v) is 8.05. The summed E-state index contributed by atoms with van der Waals surface area (Å²) in [5.41, 5.74) is 1.80. The Labute approximate surface area is 213 Å². The molecule has 1 aliphatic heterocycles. The minimum atomic E-state index is -0.102. The van der Waals surface area contributed by atoms with Crippen molar-refractivity contribution in [1.29, 1.82) is 0 Å². The number of piperazine rings is 1. The fraction of sp³-hybridized carbons (Fsp3) is 0.607. The topological polar surface area (TPSA) is 86.5 Å². The molecule has 36 heavy (non-hydrogen) atoms. The Morgan fingerprint density at radius 1 is 1.11 bits per heavy atom. The number of anilines is 1. The van der Waals surface area contributed by atoms with Gasteiger partial charge in [-0.15, -0.1) is 0 Å². The Hall–Kier alpha value is -2.55. The summed E-state index contributed by atoms with van der Waals surface area (Å²) in [4.78, 5) is 28.3. The van der Waals surface area contributed by atoms with Crippen LogP contribution in [0.25, 0.3) is 21.8 Å². The first-order valence-corrected chi connectivity index (χ1v) is 13.7. The van der Waals surface area contributed by atoms with Crippen LogP contribution >= 0.6 is 0 Å². The number of aliphatic hydroxyl groups is 1. The van der Waals surface area contributed by atoms with E-state index in [2.05, 4.69) is 52.3 Å². The Morgan fingerprint density at radius 3 is 2.61 bits per heavy atom. The lowest BCUT2D eigenvalue weighted by atomic mass is 9.85. The average Bonchev–Trinajstić information content (AvgIpc) is 2.85. The van der Waals surface area contributed by atoms with Gasteiger partial charge in [0.25, 0.3) is 5.56 Å². The molecular weight excluding hydrogens is 452 g/mol. The molecule has 2 aromatic heterocycles. The van der Waals surface area contributed by atoms with Crippen LogP contribution in [-0.2, 0) is 6.54 Å². The number of aromatic nitrogens is 3. The SMILES string of the molecule is CCC[C@@H](CCO)n1c(=O)c2cc(CN3CCN(C)CC3)ccc2c2cnc(NCC3CCC3)nc21.